The van der Waals surface area contributed by atoms with Crippen molar-refractivity contribution in [3.8, 4) is 22.4 Å². The zero-order valence-electron chi connectivity index (χ0n) is 11.1. The molecule has 3 rings (SSSR count). The second-order valence-corrected chi connectivity index (χ2v) is 4.64. The average Bonchev–Trinajstić information content (AvgIpc) is 2.99. The quantitative estimate of drug-likeness (QED) is 0.761. The molecule has 0 saturated heterocycles. The van der Waals surface area contributed by atoms with Crippen LogP contribution in [0.3, 0.4) is 0 Å². The second kappa shape index (κ2) is 5.67. The van der Waals surface area contributed by atoms with E-state index in [-0.39, 0.29) is 0 Å². The van der Waals surface area contributed by atoms with Gasteiger partial charge in [0.2, 0.25) is 0 Å². The smallest absolute Gasteiger partial charge is 0.0744 e. The first-order valence-corrected chi connectivity index (χ1v) is 6.61. The first kappa shape index (κ1) is 12.6. The van der Waals surface area contributed by atoms with Crippen LogP contribution in [-0.4, -0.2) is 21.7 Å². The second-order valence-electron chi connectivity index (χ2n) is 4.64. The number of pyridine rings is 1. The van der Waals surface area contributed by atoms with E-state index >= 15 is 0 Å². The Morgan fingerprint density at radius 1 is 1.00 bits per heavy atom. The highest BCUT2D eigenvalue weighted by molar-refractivity contribution is 5.79. The minimum absolute atomic E-state index is 0.673. The van der Waals surface area contributed by atoms with Gasteiger partial charge >= 0.3 is 0 Å². The summed E-state index contributed by atoms with van der Waals surface area (Å²) in [6.45, 7) is 0.673. The molecule has 0 radical (unpaired) electrons. The number of hydrogen-bond donors (Lipinski definition) is 2. The van der Waals surface area contributed by atoms with Gasteiger partial charge in [0.05, 0.1) is 11.9 Å². The maximum absolute atomic E-state index is 5.57. The molecule has 0 fully saturated rings. The van der Waals surface area contributed by atoms with Gasteiger partial charge in [-0.1, -0.05) is 24.3 Å². The topological polar surface area (TPSA) is 67.6 Å². The van der Waals surface area contributed by atoms with Crippen LogP contribution in [0.15, 0.2) is 55.0 Å². The maximum Gasteiger partial charge on any atom is 0.0744 e. The summed E-state index contributed by atoms with van der Waals surface area (Å²) in [5.41, 5.74) is 11.1. The van der Waals surface area contributed by atoms with Crippen LogP contribution in [0.1, 0.15) is 5.56 Å². The maximum atomic E-state index is 5.57. The fourth-order valence-electron chi connectivity index (χ4n) is 2.25. The van der Waals surface area contributed by atoms with Gasteiger partial charge in [-0.2, -0.15) is 5.10 Å². The van der Waals surface area contributed by atoms with Crippen molar-refractivity contribution < 1.29 is 0 Å². The van der Waals surface area contributed by atoms with E-state index in [0.29, 0.717) is 6.54 Å². The first-order valence-electron chi connectivity index (χ1n) is 6.61. The number of nitrogens with two attached hydrogens (primary N) is 1. The molecule has 0 aliphatic heterocycles. The molecule has 0 spiro atoms. The van der Waals surface area contributed by atoms with Gasteiger partial charge in [-0.25, -0.2) is 0 Å². The van der Waals surface area contributed by atoms with Crippen molar-refractivity contribution in [1.82, 2.24) is 15.2 Å². The number of benzene rings is 1. The van der Waals surface area contributed by atoms with Gasteiger partial charge < -0.3 is 5.73 Å². The molecule has 20 heavy (non-hydrogen) atoms. The Morgan fingerprint density at radius 3 is 2.55 bits per heavy atom. The van der Waals surface area contributed by atoms with E-state index in [1.54, 1.807) is 6.20 Å². The van der Waals surface area contributed by atoms with Gasteiger partial charge in [-0.3, -0.25) is 10.1 Å². The van der Waals surface area contributed by atoms with E-state index in [0.717, 1.165) is 28.8 Å². The van der Waals surface area contributed by atoms with Crippen LogP contribution in [0.2, 0.25) is 0 Å². The molecule has 2 heterocycles. The summed E-state index contributed by atoms with van der Waals surface area (Å²) in [5, 5.41) is 7.21. The largest absolute Gasteiger partial charge is 0.330 e. The summed E-state index contributed by atoms with van der Waals surface area (Å²) < 4.78 is 0. The van der Waals surface area contributed by atoms with E-state index in [1.165, 1.54) is 5.56 Å². The fraction of sp³-hybridized carbons (Fsp3) is 0.125. The van der Waals surface area contributed by atoms with Crippen molar-refractivity contribution in [2.24, 2.45) is 5.73 Å². The molecule has 0 atom stereocenters. The minimum Gasteiger partial charge on any atom is -0.330 e. The van der Waals surface area contributed by atoms with Crippen LogP contribution < -0.4 is 5.73 Å². The highest BCUT2D eigenvalue weighted by Crippen LogP contribution is 2.29. The fourth-order valence-corrected chi connectivity index (χ4v) is 2.25. The van der Waals surface area contributed by atoms with Crippen LogP contribution in [0, 0.1) is 0 Å². The third-order valence-electron chi connectivity index (χ3n) is 3.29. The summed E-state index contributed by atoms with van der Waals surface area (Å²) in [7, 11) is 0. The molecule has 3 N–H and O–H groups in total. The SMILES string of the molecule is NCCc1ccc(-c2cn[nH]c2-c2cccnc2)cc1. The molecular weight excluding hydrogens is 248 g/mol. The van der Waals surface area contributed by atoms with Gasteiger partial charge in [0.25, 0.3) is 0 Å². The lowest BCUT2D eigenvalue weighted by Gasteiger charge is -2.05. The van der Waals surface area contributed by atoms with E-state index in [1.807, 2.05) is 24.5 Å². The molecule has 1 aromatic carbocycles. The Bertz CT molecular complexity index is 671. The number of nitrogens with one attached hydrogen (secondary N) is 1. The Hall–Kier alpha value is -2.46. The molecule has 0 aliphatic carbocycles. The predicted molar refractivity (Wildman–Crippen MR) is 80.0 cm³/mol. The molecule has 4 nitrogen and oxygen atoms in total. The lowest BCUT2D eigenvalue weighted by Crippen LogP contribution is -2.02. The Kier molecular flexibility index (Phi) is 3.56. The van der Waals surface area contributed by atoms with Crippen molar-refractivity contribution >= 4 is 0 Å². The molecule has 100 valence electrons. The van der Waals surface area contributed by atoms with Crippen molar-refractivity contribution in [2.45, 2.75) is 6.42 Å². The molecule has 4 heteroatoms. The molecule has 0 bridgehead atoms. The van der Waals surface area contributed by atoms with Crippen LogP contribution >= 0.6 is 0 Å². The van der Waals surface area contributed by atoms with E-state index in [2.05, 4.69) is 39.4 Å². The molecular formula is C16H16N4. The highest BCUT2D eigenvalue weighted by Gasteiger charge is 2.09. The standard InChI is InChI=1S/C16H16N4/c17-8-7-12-3-5-13(6-4-12)15-11-19-20-16(15)14-2-1-9-18-10-14/h1-6,9-11H,7-8,17H2,(H,19,20). The van der Waals surface area contributed by atoms with Gasteiger partial charge in [0, 0.05) is 23.5 Å². The van der Waals surface area contributed by atoms with Gasteiger partial charge in [0.1, 0.15) is 0 Å². The molecule has 0 saturated carbocycles. The normalized spacial score (nSPS) is 10.7. The first-order chi connectivity index (χ1) is 9.88. The summed E-state index contributed by atoms with van der Waals surface area (Å²) in [4.78, 5) is 4.15. The minimum atomic E-state index is 0.673. The van der Waals surface area contributed by atoms with Gasteiger partial charge in [-0.15, -0.1) is 0 Å². The van der Waals surface area contributed by atoms with Crippen LogP contribution in [0.4, 0.5) is 0 Å². The number of nitrogens with zero attached hydrogens (tertiary/aromatic N) is 2. The van der Waals surface area contributed by atoms with E-state index in [9.17, 15) is 0 Å². The molecule has 2 aromatic heterocycles. The van der Waals surface area contributed by atoms with Crippen molar-refractivity contribution in [3.63, 3.8) is 0 Å². The third kappa shape index (κ3) is 2.46. The molecule has 0 aliphatic rings. The third-order valence-corrected chi connectivity index (χ3v) is 3.29. The summed E-state index contributed by atoms with van der Waals surface area (Å²) in [6, 6.07) is 12.4. The number of rotatable bonds is 4. The zero-order chi connectivity index (χ0) is 13.8. The number of H-pyrrole nitrogens is 1. The highest BCUT2D eigenvalue weighted by atomic mass is 15.1. The number of aromatic amines is 1. The van der Waals surface area contributed by atoms with Crippen LogP contribution in [0.25, 0.3) is 22.4 Å². The van der Waals surface area contributed by atoms with Gasteiger partial charge in [-0.05, 0) is 36.2 Å². The lowest BCUT2D eigenvalue weighted by atomic mass is 10.0. The van der Waals surface area contributed by atoms with Crippen molar-refractivity contribution in [2.75, 3.05) is 6.54 Å². The Balaban J connectivity index is 1.97. The summed E-state index contributed by atoms with van der Waals surface area (Å²) >= 11 is 0. The number of hydrogen-bond acceptors (Lipinski definition) is 3. The molecule has 0 amide bonds. The molecule has 3 aromatic rings. The zero-order valence-corrected chi connectivity index (χ0v) is 11.1. The van der Waals surface area contributed by atoms with Crippen LogP contribution in [0.5, 0.6) is 0 Å². The van der Waals surface area contributed by atoms with E-state index < -0.39 is 0 Å². The Labute approximate surface area is 117 Å². The summed E-state index contributed by atoms with van der Waals surface area (Å²) in [6.07, 6.45) is 6.35. The van der Waals surface area contributed by atoms with Gasteiger partial charge in [0.15, 0.2) is 0 Å². The Morgan fingerprint density at radius 2 is 1.85 bits per heavy atom. The van der Waals surface area contributed by atoms with Crippen LogP contribution in [-0.2, 0) is 6.42 Å². The van der Waals surface area contributed by atoms with Crippen molar-refractivity contribution in [1.29, 1.82) is 0 Å². The average molecular weight is 264 g/mol. The molecule has 0 unspecified atom stereocenters. The predicted octanol–water partition coefficient (Wildman–Crippen LogP) is 2.64. The number of aromatic nitrogens is 3. The summed E-state index contributed by atoms with van der Waals surface area (Å²) in [5.74, 6) is 0. The monoisotopic (exact) mass is 264 g/mol. The van der Waals surface area contributed by atoms with Crippen molar-refractivity contribution in [3.05, 3.63) is 60.6 Å². The van der Waals surface area contributed by atoms with E-state index in [4.69, 9.17) is 5.73 Å². The lowest BCUT2D eigenvalue weighted by molar-refractivity contribution is 0.969.